The van der Waals surface area contributed by atoms with Crippen LogP contribution in [0.3, 0.4) is 0 Å². The maximum absolute atomic E-state index is 13.0. The second-order valence-corrected chi connectivity index (χ2v) is 7.00. The van der Waals surface area contributed by atoms with Gasteiger partial charge >= 0.3 is 5.97 Å². The van der Waals surface area contributed by atoms with E-state index >= 15 is 0 Å². The number of aryl methyl sites for hydroxylation is 1. The molecule has 0 bridgehead atoms. The molecule has 1 unspecified atom stereocenters. The van der Waals surface area contributed by atoms with Crippen molar-refractivity contribution in [2.24, 2.45) is 5.92 Å². The van der Waals surface area contributed by atoms with Crippen molar-refractivity contribution in [2.45, 2.75) is 44.7 Å². The zero-order chi connectivity index (χ0) is 16.2. The van der Waals surface area contributed by atoms with Crippen molar-refractivity contribution in [1.29, 1.82) is 0 Å². The van der Waals surface area contributed by atoms with Crippen LogP contribution in [0.1, 0.15) is 37.3 Å². The highest BCUT2D eigenvalue weighted by molar-refractivity contribution is 6.05. The Morgan fingerprint density at radius 2 is 2.30 bits per heavy atom. The fraction of sp³-hybridized carbons (Fsp3) is 0.556. The lowest BCUT2D eigenvalue weighted by Crippen LogP contribution is -3.19. The molecule has 3 aliphatic heterocycles. The molecule has 0 radical (unpaired) electrons. The van der Waals surface area contributed by atoms with E-state index in [0.29, 0.717) is 13.0 Å². The first-order valence-corrected chi connectivity index (χ1v) is 8.53. The van der Waals surface area contributed by atoms with Crippen LogP contribution in [0.4, 0.5) is 5.69 Å². The van der Waals surface area contributed by atoms with Crippen LogP contribution in [0.15, 0.2) is 18.2 Å². The van der Waals surface area contributed by atoms with E-state index in [1.807, 2.05) is 26.0 Å². The van der Waals surface area contributed by atoms with Gasteiger partial charge in [0.25, 0.3) is 5.91 Å². The Labute approximate surface area is 136 Å². The number of esters is 1. The Balaban J connectivity index is 1.81. The van der Waals surface area contributed by atoms with Gasteiger partial charge in [-0.25, -0.2) is 0 Å². The molecule has 3 aliphatic rings. The molecule has 1 aromatic rings. The van der Waals surface area contributed by atoms with Crippen LogP contribution in [0.25, 0.3) is 0 Å². The highest BCUT2D eigenvalue weighted by Gasteiger charge is 2.67. The first-order chi connectivity index (χ1) is 11.1. The predicted molar refractivity (Wildman–Crippen MR) is 85.1 cm³/mol. The normalized spacial score (nSPS) is 34.3. The molecule has 2 saturated heterocycles. The summed E-state index contributed by atoms with van der Waals surface area (Å²) in [4.78, 5) is 26.7. The number of benzene rings is 1. The van der Waals surface area contributed by atoms with E-state index in [1.165, 1.54) is 4.90 Å². The van der Waals surface area contributed by atoms with Crippen LogP contribution in [0.2, 0.25) is 0 Å². The number of hydrogen-bond donors (Lipinski definition) is 2. The number of hydrogen-bond acceptors (Lipinski definition) is 3. The summed E-state index contributed by atoms with van der Waals surface area (Å²) in [5.74, 6) is -0.265. The maximum Gasteiger partial charge on any atom is 0.315 e. The molecule has 4 rings (SSSR count). The van der Waals surface area contributed by atoms with Crippen LogP contribution in [0, 0.1) is 12.8 Å². The molecule has 23 heavy (non-hydrogen) atoms. The van der Waals surface area contributed by atoms with Gasteiger partial charge in [0.1, 0.15) is 12.0 Å². The number of rotatable bonds is 2. The van der Waals surface area contributed by atoms with E-state index in [9.17, 15) is 9.59 Å². The highest BCUT2D eigenvalue weighted by Crippen LogP contribution is 2.44. The molecule has 3 heterocycles. The average molecular weight is 315 g/mol. The third-order valence-electron chi connectivity index (χ3n) is 5.83. The molecule has 122 valence electrons. The zero-order valence-electron chi connectivity index (χ0n) is 13.6. The lowest BCUT2D eigenvalue weighted by molar-refractivity contribution is -0.947. The number of anilines is 1. The molecule has 2 fully saturated rings. The summed E-state index contributed by atoms with van der Waals surface area (Å²) in [6.07, 6.45) is 2.62. The minimum absolute atomic E-state index is 0.0480. The van der Waals surface area contributed by atoms with Crippen molar-refractivity contribution in [1.82, 2.24) is 0 Å². The summed E-state index contributed by atoms with van der Waals surface area (Å²) in [6, 6.07) is 6.32. The standard InChI is InChI=1S/C18H22N2O3/c1-3-23-16(21)12-10-18(20-8-4-5-15(12)20)13-9-11(2)6-7-14(13)19-17(18)22/h6-7,9,12,15H,3-5,8,10H2,1-2H3,(H,19,22)/p+1/t12-,15-,18-/m1/s1. The fourth-order valence-corrected chi connectivity index (χ4v) is 4.94. The molecule has 1 amide bonds. The van der Waals surface area contributed by atoms with E-state index in [2.05, 4.69) is 11.4 Å². The van der Waals surface area contributed by atoms with Crippen molar-refractivity contribution in [3.05, 3.63) is 29.3 Å². The summed E-state index contributed by atoms with van der Waals surface area (Å²) in [5, 5.41) is 3.05. The van der Waals surface area contributed by atoms with Gasteiger partial charge in [-0.1, -0.05) is 11.6 Å². The highest BCUT2D eigenvalue weighted by atomic mass is 16.5. The van der Waals surface area contributed by atoms with Crippen LogP contribution in [0.5, 0.6) is 0 Å². The van der Waals surface area contributed by atoms with Gasteiger partial charge in [-0.3, -0.25) is 9.59 Å². The Kier molecular flexibility index (Phi) is 3.23. The number of carbonyl (C=O) groups is 2. The van der Waals surface area contributed by atoms with Gasteiger partial charge in [0, 0.05) is 24.8 Å². The summed E-state index contributed by atoms with van der Waals surface area (Å²) >= 11 is 0. The van der Waals surface area contributed by atoms with Crippen LogP contribution >= 0.6 is 0 Å². The predicted octanol–water partition coefficient (Wildman–Crippen LogP) is 0.773. The zero-order valence-corrected chi connectivity index (χ0v) is 13.6. The Hall–Kier alpha value is -1.88. The molecule has 2 N–H and O–H groups in total. The third kappa shape index (κ3) is 1.89. The van der Waals surface area contributed by atoms with E-state index < -0.39 is 5.54 Å². The summed E-state index contributed by atoms with van der Waals surface area (Å²) in [7, 11) is 0. The minimum atomic E-state index is -0.611. The van der Waals surface area contributed by atoms with Gasteiger partial charge < -0.3 is 15.0 Å². The van der Waals surface area contributed by atoms with Crippen LogP contribution < -0.4 is 10.2 Å². The van der Waals surface area contributed by atoms with Gasteiger partial charge in [0.2, 0.25) is 5.54 Å². The Morgan fingerprint density at radius 1 is 1.48 bits per heavy atom. The monoisotopic (exact) mass is 315 g/mol. The number of quaternary nitrogens is 1. The smallest absolute Gasteiger partial charge is 0.315 e. The molecule has 5 heteroatoms. The lowest BCUT2D eigenvalue weighted by atomic mass is 9.84. The molecule has 0 aromatic heterocycles. The summed E-state index contributed by atoms with van der Waals surface area (Å²) in [5.41, 5.74) is 2.51. The van der Waals surface area contributed by atoms with Crippen LogP contribution in [-0.4, -0.2) is 31.1 Å². The van der Waals surface area contributed by atoms with E-state index in [4.69, 9.17) is 4.74 Å². The SMILES string of the molecule is CCOC(=O)[C@@H]1C[C@@]2(C(=O)Nc3ccc(C)cc32)[NH+]2CCC[C@H]12. The first kappa shape index (κ1) is 14.7. The van der Waals surface area contributed by atoms with E-state index in [0.717, 1.165) is 36.2 Å². The second-order valence-electron chi connectivity index (χ2n) is 7.00. The minimum Gasteiger partial charge on any atom is -0.466 e. The molecule has 5 nitrogen and oxygen atoms in total. The number of fused-ring (bicyclic) bond motifs is 4. The average Bonchev–Trinajstić information content (AvgIpc) is 3.16. The molecule has 0 saturated carbocycles. The third-order valence-corrected chi connectivity index (χ3v) is 5.83. The molecule has 4 atom stereocenters. The lowest BCUT2D eigenvalue weighted by Gasteiger charge is -2.29. The Bertz CT molecular complexity index is 687. The largest absolute Gasteiger partial charge is 0.466 e. The topological polar surface area (TPSA) is 59.8 Å². The fourth-order valence-electron chi connectivity index (χ4n) is 4.94. The van der Waals surface area contributed by atoms with Crippen molar-refractivity contribution >= 4 is 17.6 Å². The molecular formula is C18H23N2O3+. The van der Waals surface area contributed by atoms with Gasteiger partial charge in [-0.15, -0.1) is 0 Å². The maximum atomic E-state index is 13.0. The number of nitrogens with one attached hydrogen (secondary N) is 2. The van der Waals surface area contributed by atoms with Gasteiger partial charge in [-0.05, 0) is 26.0 Å². The van der Waals surface area contributed by atoms with Crippen molar-refractivity contribution in [2.75, 3.05) is 18.5 Å². The number of carbonyl (C=O) groups excluding carboxylic acids is 2. The summed E-state index contributed by atoms with van der Waals surface area (Å²) < 4.78 is 5.30. The number of amides is 1. The van der Waals surface area contributed by atoms with Crippen molar-refractivity contribution in [3.8, 4) is 0 Å². The summed E-state index contributed by atoms with van der Waals surface area (Å²) in [6.45, 7) is 5.22. The van der Waals surface area contributed by atoms with Gasteiger partial charge in [0.15, 0.2) is 0 Å². The first-order valence-electron chi connectivity index (χ1n) is 8.53. The molecule has 1 spiro atoms. The molecule has 1 aromatic carbocycles. The van der Waals surface area contributed by atoms with Crippen LogP contribution in [-0.2, 0) is 19.9 Å². The van der Waals surface area contributed by atoms with E-state index in [1.54, 1.807) is 0 Å². The van der Waals surface area contributed by atoms with Gasteiger partial charge in [0.05, 0.1) is 18.8 Å². The van der Waals surface area contributed by atoms with Crippen molar-refractivity contribution < 1.29 is 19.2 Å². The van der Waals surface area contributed by atoms with E-state index in [-0.39, 0.29) is 23.8 Å². The van der Waals surface area contributed by atoms with Gasteiger partial charge in [-0.2, -0.15) is 0 Å². The number of ether oxygens (including phenoxy) is 1. The Morgan fingerprint density at radius 3 is 3.09 bits per heavy atom. The molecule has 0 aliphatic carbocycles. The quantitative estimate of drug-likeness (QED) is 0.793. The van der Waals surface area contributed by atoms with Crippen molar-refractivity contribution in [3.63, 3.8) is 0 Å². The molecular weight excluding hydrogens is 292 g/mol. The second kappa shape index (κ2) is 5.06.